The predicted molar refractivity (Wildman–Crippen MR) is 66.3 cm³/mol. The van der Waals surface area contributed by atoms with Crippen molar-refractivity contribution < 1.29 is 0 Å². The third-order valence-electron chi connectivity index (χ3n) is 2.38. The SMILES string of the molecule is CNC(C)/C(C)=C/c1ccc(Br)cc1. The Kier molecular flexibility index (Phi) is 4.36. The monoisotopic (exact) mass is 253 g/mol. The summed E-state index contributed by atoms with van der Waals surface area (Å²) in [5, 5.41) is 3.22. The molecule has 1 unspecified atom stereocenters. The number of halogens is 1. The van der Waals surface area contributed by atoms with E-state index in [9.17, 15) is 0 Å². The molecule has 0 aliphatic heterocycles. The van der Waals surface area contributed by atoms with Gasteiger partial charge in [-0.25, -0.2) is 0 Å². The van der Waals surface area contributed by atoms with E-state index in [1.165, 1.54) is 11.1 Å². The lowest BCUT2D eigenvalue weighted by atomic mass is 10.1. The van der Waals surface area contributed by atoms with Crippen molar-refractivity contribution in [3.8, 4) is 0 Å². The Labute approximate surface area is 94.3 Å². The second kappa shape index (κ2) is 5.32. The Balaban J connectivity index is 2.81. The molecule has 0 aliphatic carbocycles. The molecule has 0 spiro atoms. The zero-order valence-electron chi connectivity index (χ0n) is 8.84. The molecule has 0 aromatic heterocycles. The summed E-state index contributed by atoms with van der Waals surface area (Å²) < 4.78 is 1.12. The summed E-state index contributed by atoms with van der Waals surface area (Å²) in [6.07, 6.45) is 2.20. The first-order valence-electron chi connectivity index (χ1n) is 4.74. The molecular formula is C12H16BrN. The second-order valence-corrected chi connectivity index (χ2v) is 4.37. The predicted octanol–water partition coefficient (Wildman–Crippen LogP) is 3.46. The highest BCUT2D eigenvalue weighted by atomic mass is 79.9. The molecule has 0 saturated heterocycles. The van der Waals surface area contributed by atoms with Gasteiger partial charge in [0.05, 0.1) is 0 Å². The van der Waals surface area contributed by atoms with Crippen molar-refractivity contribution in [2.75, 3.05) is 7.05 Å². The van der Waals surface area contributed by atoms with E-state index in [1.54, 1.807) is 0 Å². The van der Waals surface area contributed by atoms with Gasteiger partial charge in [-0.1, -0.05) is 39.7 Å². The molecule has 0 fully saturated rings. The minimum Gasteiger partial charge on any atom is -0.314 e. The Morgan fingerprint density at radius 1 is 1.36 bits per heavy atom. The van der Waals surface area contributed by atoms with E-state index in [1.807, 2.05) is 7.05 Å². The van der Waals surface area contributed by atoms with Gasteiger partial charge < -0.3 is 5.32 Å². The first-order valence-corrected chi connectivity index (χ1v) is 5.54. The minimum atomic E-state index is 0.429. The molecule has 0 bridgehead atoms. The second-order valence-electron chi connectivity index (χ2n) is 3.45. The fourth-order valence-electron chi connectivity index (χ4n) is 1.17. The van der Waals surface area contributed by atoms with Crippen molar-refractivity contribution in [3.63, 3.8) is 0 Å². The largest absolute Gasteiger partial charge is 0.314 e. The summed E-state index contributed by atoms with van der Waals surface area (Å²) in [5.41, 5.74) is 2.59. The van der Waals surface area contributed by atoms with Crippen LogP contribution in [0.2, 0.25) is 0 Å². The quantitative estimate of drug-likeness (QED) is 0.871. The van der Waals surface area contributed by atoms with Gasteiger partial charge in [-0.15, -0.1) is 0 Å². The van der Waals surface area contributed by atoms with E-state index < -0.39 is 0 Å². The molecule has 0 heterocycles. The molecule has 1 aromatic rings. The fourth-order valence-corrected chi connectivity index (χ4v) is 1.44. The average Bonchev–Trinajstić information content (AvgIpc) is 2.20. The maximum atomic E-state index is 3.42. The van der Waals surface area contributed by atoms with Gasteiger partial charge in [0, 0.05) is 10.5 Å². The van der Waals surface area contributed by atoms with E-state index in [-0.39, 0.29) is 0 Å². The van der Waals surface area contributed by atoms with Crippen LogP contribution in [0.4, 0.5) is 0 Å². The highest BCUT2D eigenvalue weighted by Crippen LogP contribution is 2.14. The summed E-state index contributed by atoms with van der Waals surface area (Å²) >= 11 is 3.42. The van der Waals surface area contributed by atoms with Gasteiger partial charge in [0.1, 0.15) is 0 Å². The van der Waals surface area contributed by atoms with Gasteiger partial charge in [-0.3, -0.25) is 0 Å². The van der Waals surface area contributed by atoms with Crippen LogP contribution < -0.4 is 5.32 Å². The van der Waals surface area contributed by atoms with Gasteiger partial charge in [0.2, 0.25) is 0 Å². The summed E-state index contributed by atoms with van der Waals surface area (Å²) in [5.74, 6) is 0. The maximum absolute atomic E-state index is 3.42. The van der Waals surface area contributed by atoms with Crippen molar-refractivity contribution in [1.82, 2.24) is 5.32 Å². The third kappa shape index (κ3) is 3.28. The van der Waals surface area contributed by atoms with E-state index >= 15 is 0 Å². The van der Waals surface area contributed by atoms with Crippen LogP contribution in [0, 0.1) is 0 Å². The van der Waals surface area contributed by atoms with Crippen molar-refractivity contribution in [3.05, 3.63) is 39.9 Å². The first kappa shape index (κ1) is 11.5. The standard InChI is InChI=1S/C12H16BrN/c1-9(10(2)14-3)8-11-4-6-12(13)7-5-11/h4-8,10,14H,1-3H3/b9-8+. The lowest BCUT2D eigenvalue weighted by molar-refractivity contribution is 0.696. The molecule has 14 heavy (non-hydrogen) atoms. The van der Waals surface area contributed by atoms with Gasteiger partial charge in [-0.05, 0) is 38.6 Å². The number of hydrogen-bond donors (Lipinski definition) is 1. The molecular weight excluding hydrogens is 238 g/mol. The summed E-state index contributed by atoms with van der Waals surface area (Å²) in [4.78, 5) is 0. The molecule has 0 saturated carbocycles. The van der Waals surface area contributed by atoms with Gasteiger partial charge in [-0.2, -0.15) is 0 Å². The maximum Gasteiger partial charge on any atom is 0.0248 e. The number of rotatable bonds is 3. The van der Waals surface area contributed by atoms with Crippen molar-refractivity contribution in [1.29, 1.82) is 0 Å². The van der Waals surface area contributed by atoms with Crippen molar-refractivity contribution in [2.24, 2.45) is 0 Å². The van der Waals surface area contributed by atoms with E-state index in [0.29, 0.717) is 6.04 Å². The van der Waals surface area contributed by atoms with E-state index in [0.717, 1.165) is 4.47 Å². The first-order chi connectivity index (χ1) is 6.63. The topological polar surface area (TPSA) is 12.0 Å². The molecule has 1 aromatic carbocycles. The minimum absolute atomic E-state index is 0.429. The Morgan fingerprint density at radius 3 is 2.43 bits per heavy atom. The summed E-state index contributed by atoms with van der Waals surface area (Å²) in [7, 11) is 1.98. The summed E-state index contributed by atoms with van der Waals surface area (Å²) in [6.45, 7) is 4.30. The Hall–Kier alpha value is -0.600. The molecule has 76 valence electrons. The lowest BCUT2D eigenvalue weighted by Gasteiger charge is -2.10. The molecule has 1 rings (SSSR count). The van der Waals surface area contributed by atoms with Crippen LogP contribution in [-0.2, 0) is 0 Å². The Bertz CT molecular complexity index is 314. The zero-order valence-corrected chi connectivity index (χ0v) is 10.4. The zero-order chi connectivity index (χ0) is 10.6. The number of benzene rings is 1. The molecule has 0 amide bonds. The smallest absolute Gasteiger partial charge is 0.0248 e. The van der Waals surface area contributed by atoms with Crippen LogP contribution in [0.3, 0.4) is 0 Å². The number of likely N-dealkylation sites (N-methyl/N-ethyl adjacent to an activating group) is 1. The van der Waals surface area contributed by atoms with E-state index in [2.05, 4.69) is 65.4 Å². The van der Waals surface area contributed by atoms with Gasteiger partial charge in [0.25, 0.3) is 0 Å². The molecule has 0 radical (unpaired) electrons. The van der Waals surface area contributed by atoms with Crippen LogP contribution in [0.5, 0.6) is 0 Å². The third-order valence-corrected chi connectivity index (χ3v) is 2.91. The van der Waals surface area contributed by atoms with Gasteiger partial charge >= 0.3 is 0 Å². The fraction of sp³-hybridized carbons (Fsp3) is 0.333. The average molecular weight is 254 g/mol. The normalized spacial score (nSPS) is 14.1. The van der Waals surface area contributed by atoms with E-state index in [4.69, 9.17) is 0 Å². The van der Waals surface area contributed by atoms with Crippen molar-refractivity contribution >= 4 is 22.0 Å². The van der Waals surface area contributed by atoms with Gasteiger partial charge in [0.15, 0.2) is 0 Å². The molecule has 1 N–H and O–H groups in total. The molecule has 2 heteroatoms. The molecule has 0 aliphatic rings. The lowest BCUT2D eigenvalue weighted by Crippen LogP contribution is -2.21. The Morgan fingerprint density at radius 2 is 1.93 bits per heavy atom. The molecule has 1 nitrogen and oxygen atoms in total. The van der Waals surface area contributed by atoms with Crippen LogP contribution in [0.1, 0.15) is 19.4 Å². The highest BCUT2D eigenvalue weighted by Gasteiger charge is 1.99. The van der Waals surface area contributed by atoms with Crippen LogP contribution in [0.25, 0.3) is 6.08 Å². The molecule has 1 atom stereocenters. The highest BCUT2D eigenvalue weighted by molar-refractivity contribution is 9.10. The van der Waals surface area contributed by atoms with Crippen LogP contribution in [0.15, 0.2) is 34.3 Å². The van der Waals surface area contributed by atoms with Crippen molar-refractivity contribution in [2.45, 2.75) is 19.9 Å². The number of hydrogen-bond acceptors (Lipinski definition) is 1. The number of nitrogens with one attached hydrogen (secondary N) is 1. The summed E-state index contributed by atoms with van der Waals surface area (Å²) in [6, 6.07) is 8.76. The van der Waals surface area contributed by atoms with Crippen LogP contribution >= 0.6 is 15.9 Å². The van der Waals surface area contributed by atoms with Crippen LogP contribution in [-0.4, -0.2) is 13.1 Å².